The molecule has 0 spiro atoms. The molecule has 0 saturated carbocycles. The number of carbonyl (C=O) groups is 1. The minimum atomic E-state index is -0.468. The molecule has 6 nitrogen and oxygen atoms in total. The van der Waals surface area contributed by atoms with Gasteiger partial charge in [-0.25, -0.2) is 0 Å². The highest BCUT2D eigenvalue weighted by molar-refractivity contribution is 5.71. The molecule has 1 N–H and O–H groups in total. The van der Waals surface area contributed by atoms with Crippen LogP contribution in [0.25, 0.3) is 0 Å². The molecule has 0 radical (unpaired) electrons. The summed E-state index contributed by atoms with van der Waals surface area (Å²) < 4.78 is 5.00. The van der Waals surface area contributed by atoms with E-state index in [2.05, 4.69) is 5.32 Å². The summed E-state index contributed by atoms with van der Waals surface area (Å²) in [6.07, 6.45) is 0.954. The molecule has 0 amide bonds. The number of carbonyl (C=O) groups excluding carboxylic acids is 1. The van der Waals surface area contributed by atoms with Crippen molar-refractivity contribution in [1.82, 2.24) is 5.32 Å². The molecule has 6 heteroatoms. The molecule has 1 aromatic rings. The van der Waals surface area contributed by atoms with Gasteiger partial charge in [-0.2, -0.15) is 0 Å². The summed E-state index contributed by atoms with van der Waals surface area (Å²) in [5, 5.41) is 13.4. The van der Waals surface area contributed by atoms with E-state index in [1.807, 2.05) is 6.92 Å². The van der Waals surface area contributed by atoms with Crippen LogP contribution in [0.5, 0.6) is 0 Å². The van der Waals surface area contributed by atoms with E-state index in [-0.39, 0.29) is 24.8 Å². The van der Waals surface area contributed by atoms with Gasteiger partial charge in [0.1, 0.15) is 6.61 Å². The first-order chi connectivity index (χ1) is 8.63. The molecule has 18 heavy (non-hydrogen) atoms. The normalized spacial score (nSPS) is 10.1. The lowest BCUT2D eigenvalue weighted by Crippen LogP contribution is -2.25. The molecule has 0 aliphatic heterocycles. The number of nitrogens with one attached hydrogen (secondary N) is 1. The van der Waals surface area contributed by atoms with E-state index in [1.165, 1.54) is 12.1 Å². The van der Waals surface area contributed by atoms with E-state index in [1.54, 1.807) is 12.1 Å². The molecule has 0 saturated heterocycles. The minimum Gasteiger partial charge on any atom is -0.460 e. The zero-order valence-corrected chi connectivity index (χ0v) is 10.2. The number of rotatable bonds is 7. The van der Waals surface area contributed by atoms with Crippen molar-refractivity contribution in [1.29, 1.82) is 0 Å². The molecule has 0 fully saturated rings. The van der Waals surface area contributed by atoms with Crippen molar-refractivity contribution in [2.24, 2.45) is 0 Å². The Balaban J connectivity index is 2.34. The molecule has 1 aromatic carbocycles. The average molecular weight is 252 g/mol. The predicted molar refractivity (Wildman–Crippen MR) is 66.1 cm³/mol. The van der Waals surface area contributed by atoms with E-state index >= 15 is 0 Å². The molecule has 0 bridgehead atoms. The molecule has 0 aliphatic rings. The van der Waals surface area contributed by atoms with Crippen molar-refractivity contribution < 1.29 is 14.5 Å². The molecule has 0 aliphatic carbocycles. The summed E-state index contributed by atoms with van der Waals surface area (Å²) in [4.78, 5) is 21.2. The third kappa shape index (κ3) is 4.92. The van der Waals surface area contributed by atoms with Crippen molar-refractivity contribution in [3.63, 3.8) is 0 Å². The highest BCUT2D eigenvalue weighted by Gasteiger charge is 2.06. The molecular formula is C12H16N2O4. The van der Waals surface area contributed by atoms with Crippen molar-refractivity contribution in [2.45, 2.75) is 20.0 Å². The van der Waals surface area contributed by atoms with E-state index in [4.69, 9.17) is 4.74 Å². The number of benzene rings is 1. The van der Waals surface area contributed by atoms with Crippen LogP contribution in [-0.4, -0.2) is 24.0 Å². The van der Waals surface area contributed by atoms with Gasteiger partial charge in [0, 0.05) is 12.1 Å². The van der Waals surface area contributed by atoms with Crippen LogP contribution >= 0.6 is 0 Å². The second-order valence-electron chi connectivity index (χ2n) is 3.76. The summed E-state index contributed by atoms with van der Waals surface area (Å²) in [5.74, 6) is -0.332. The van der Waals surface area contributed by atoms with Crippen LogP contribution in [0.3, 0.4) is 0 Å². The highest BCUT2D eigenvalue weighted by atomic mass is 16.6. The Morgan fingerprint density at radius 2 is 2.06 bits per heavy atom. The van der Waals surface area contributed by atoms with Crippen LogP contribution in [0.2, 0.25) is 0 Å². The van der Waals surface area contributed by atoms with Crippen molar-refractivity contribution in [2.75, 3.05) is 13.1 Å². The number of hydrogen-bond acceptors (Lipinski definition) is 5. The lowest BCUT2D eigenvalue weighted by molar-refractivity contribution is -0.384. The number of non-ortho nitro benzene ring substituents is 1. The fourth-order valence-corrected chi connectivity index (χ4v) is 1.30. The SMILES string of the molecule is CCCNCC(=O)OCc1ccc([N+](=O)[O-])cc1. The Morgan fingerprint density at radius 3 is 2.61 bits per heavy atom. The number of esters is 1. The van der Waals surface area contributed by atoms with Gasteiger partial charge in [-0.05, 0) is 30.7 Å². The quantitative estimate of drug-likeness (QED) is 0.345. The largest absolute Gasteiger partial charge is 0.460 e. The molecule has 0 aromatic heterocycles. The molecule has 0 heterocycles. The Labute approximate surface area is 105 Å². The summed E-state index contributed by atoms with van der Waals surface area (Å²) in [7, 11) is 0. The summed E-state index contributed by atoms with van der Waals surface area (Å²) >= 11 is 0. The maximum atomic E-state index is 11.3. The van der Waals surface area contributed by atoms with Gasteiger partial charge >= 0.3 is 5.97 Å². The van der Waals surface area contributed by atoms with Gasteiger partial charge < -0.3 is 10.1 Å². The van der Waals surface area contributed by atoms with Gasteiger partial charge in [0.15, 0.2) is 0 Å². The van der Waals surface area contributed by atoms with E-state index in [0.717, 1.165) is 18.5 Å². The standard InChI is InChI=1S/C12H16N2O4/c1-2-7-13-8-12(15)18-9-10-3-5-11(6-4-10)14(16)17/h3-6,13H,2,7-9H2,1H3. The molecule has 0 unspecified atom stereocenters. The third-order valence-electron chi connectivity index (χ3n) is 2.24. The molecule has 0 atom stereocenters. The number of nitro groups is 1. The summed E-state index contributed by atoms with van der Waals surface area (Å²) in [5.41, 5.74) is 0.749. The average Bonchev–Trinajstić information content (AvgIpc) is 2.37. The van der Waals surface area contributed by atoms with E-state index < -0.39 is 4.92 Å². The first-order valence-electron chi connectivity index (χ1n) is 5.73. The number of hydrogen-bond donors (Lipinski definition) is 1. The first kappa shape index (κ1) is 14.1. The zero-order valence-electron chi connectivity index (χ0n) is 10.2. The summed E-state index contributed by atoms with van der Waals surface area (Å²) in [6, 6.07) is 5.92. The molecule has 1 rings (SSSR count). The monoisotopic (exact) mass is 252 g/mol. The van der Waals surface area contributed by atoms with Crippen LogP contribution in [0.15, 0.2) is 24.3 Å². The van der Waals surface area contributed by atoms with Crippen LogP contribution in [0, 0.1) is 10.1 Å². The fourth-order valence-electron chi connectivity index (χ4n) is 1.30. The molecular weight excluding hydrogens is 236 g/mol. The van der Waals surface area contributed by atoms with Crippen LogP contribution in [0.4, 0.5) is 5.69 Å². The number of nitro benzene ring substituents is 1. The lowest BCUT2D eigenvalue weighted by Gasteiger charge is -2.05. The third-order valence-corrected chi connectivity index (χ3v) is 2.24. The van der Waals surface area contributed by atoms with Crippen LogP contribution in [0.1, 0.15) is 18.9 Å². The van der Waals surface area contributed by atoms with Crippen molar-refractivity contribution in [3.05, 3.63) is 39.9 Å². The lowest BCUT2D eigenvalue weighted by atomic mass is 10.2. The topological polar surface area (TPSA) is 81.5 Å². The van der Waals surface area contributed by atoms with Gasteiger partial charge in [0.25, 0.3) is 5.69 Å². The Kier molecular flexibility index (Phi) is 5.79. The highest BCUT2D eigenvalue weighted by Crippen LogP contribution is 2.12. The van der Waals surface area contributed by atoms with Crippen LogP contribution in [-0.2, 0) is 16.1 Å². The smallest absolute Gasteiger partial charge is 0.320 e. The predicted octanol–water partition coefficient (Wildman–Crippen LogP) is 1.64. The number of ether oxygens (including phenoxy) is 1. The fraction of sp³-hybridized carbons (Fsp3) is 0.417. The maximum absolute atomic E-state index is 11.3. The van der Waals surface area contributed by atoms with Gasteiger partial charge in [-0.15, -0.1) is 0 Å². The zero-order chi connectivity index (χ0) is 13.4. The first-order valence-corrected chi connectivity index (χ1v) is 5.73. The summed E-state index contributed by atoms with van der Waals surface area (Å²) in [6.45, 7) is 3.09. The Morgan fingerprint density at radius 1 is 1.39 bits per heavy atom. The minimum absolute atomic E-state index is 0.0229. The Bertz CT molecular complexity index is 403. The maximum Gasteiger partial charge on any atom is 0.320 e. The van der Waals surface area contributed by atoms with Gasteiger partial charge in [-0.1, -0.05) is 6.92 Å². The van der Waals surface area contributed by atoms with Crippen molar-refractivity contribution in [3.8, 4) is 0 Å². The second kappa shape index (κ2) is 7.39. The second-order valence-corrected chi connectivity index (χ2v) is 3.76. The van der Waals surface area contributed by atoms with Gasteiger partial charge in [-0.3, -0.25) is 14.9 Å². The van der Waals surface area contributed by atoms with Gasteiger partial charge in [0.05, 0.1) is 11.5 Å². The van der Waals surface area contributed by atoms with Crippen LogP contribution < -0.4 is 5.32 Å². The van der Waals surface area contributed by atoms with E-state index in [9.17, 15) is 14.9 Å². The number of nitrogens with zero attached hydrogens (tertiary/aromatic N) is 1. The van der Waals surface area contributed by atoms with Crippen molar-refractivity contribution >= 4 is 11.7 Å². The van der Waals surface area contributed by atoms with Gasteiger partial charge in [0.2, 0.25) is 0 Å². The van der Waals surface area contributed by atoms with E-state index in [0.29, 0.717) is 0 Å². The Hall–Kier alpha value is -1.95. The molecule has 98 valence electrons.